The smallest absolute Gasteiger partial charge is 0.354 e. The second-order valence-corrected chi connectivity index (χ2v) is 6.11. The molecule has 0 unspecified atom stereocenters. The predicted molar refractivity (Wildman–Crippen MR) is 90.8 cm³/mol. The van der Waals surface area contributed by atoms with Gasteiger partial charge in [-0.3, -0.25) is 14.2 Å². The van der Waals surface area contributed by atoms with E-state index in [1.54, 1.807) is 0 Å². The Hall–Kier alpha value is -3.18. The molecule has 16 heteroatoms. The number of carboxylic acids is 3. The van der Waals surface area contributed by atoms with Crippen molar-refractivity contribution in [1.82, 2.24) is 14.5 Å². The zero-order chi connectivity index (χ0) is 23.2. The summed E-state index contributed by atoms with van der Waals surface area (Å²) in [6.07, 6.45) is -5.96. The molecule has 0 radical (unpaired) electrons. The fourth-order valence-corrected chi connectivity index (χ4v) is 2.35. The van der Waals surface area contributed by atoms with E-state index in [2.05, 4.69) is 9.97 Å². The van der Waals surface area contributed by atoms with Crippen molar-refractivity contribution in [3.8, 4) is 0 Å². The molecule has 9 N–H and O–H groups in total. The van der Waals surface area contributed by atoms with Gasteiger partial charge in [0.1, 0.15) is 24.6 Å². The maximum absolute atomic E-state index is 11.5. The van der Waals surface area contributed by atoms with Crippen LogP contribution in [0.4, 0.5) is 5.95 Å². The van der Waals surface area contributed by atoms with E-state index in [4.69, 9.17) is 36.0 Å². The summed E-state index contributed by atoms with van der Waals surface area (Å²) in [6.45, 7) is -0.473. The SMILES string of the molecule is Nc1ncn([C@@H]2O[C@H](CO)[C@@H](O)[C@H]2O)c(=O)n1.O=C(O)CC(O)(CC(=O)O)C(=O)O. The summed E-state index contributed by atoms with van der Waals surface area (Å²) in [5, 5.41) is 61.9. The summed E-state index contributed by atoms with van der Waals surface area (Å²) in [4.78, 5) is 48.9. The number of hydrogen-bond donors (Lipinski definition) is 8. The second-order valence-electron chi connectivity index (χ2n) is 6.11. The molecule has 0 saturated carbocycles. The molecule has 1 aliphatic heterocycles. The topological polar surface area (TPSA) is 276 Å². The lowest BCUT2D eigenvalue weighted by Crippen LogP contribution is -2.42. The first-order chi connectivity index (χ1) is 13.8. The van der Waals surface area contributed by atoms with E-state index in [-0.39, 0.29) is 5.95 Å². The molecule has 0 bridgehead atoms. The van der Waals surface area contributed by atoms with Gasteiger partial charge in [0.25, 0.3) is 0 Å². The molecule has 0 aromatic carbocycles. The van der Waals surface area contributed by atoms with Gasteiger partial charge in [0.2, 0.25) is 5.95 Å². The van der Waals surface area contributed by atoms with Crippen LogP contribution in [-0.4, -0.2) is 98.7 Å². The molecular weight excluding hydrogens is 416 g/mol. The first-order valence-electron chi connectivity index (χ1n) is 8.05. The van der Waals surface area contributed by atoms with E-state index >= 15 is 0 Å². The molecule has 2 heterocycles. The van der Waals surface area contributed by atoms with Crippen molar-refractivity contribution in [1.29, 1.82) is 0 Å². The van der Waals surface area contributed by atoms with Crippen LogP contribution in [-0.2, 0) is 19.1 Å². The maximum Gasteiger partial charge on any atom is 0.354 e. The van der Waals surface area contributed by atoms with Gasteiger partial charge in [0.15, 0.2) is 11.8 Å². The largest absolute Gasteiger partial charge is 0.481 e. The van der Waals surface area contributed by atoms with Crippen LogP contribution in [0.1, 0.15) is 19.1 Å². The highest BCUT2D eigenvalue weighted by Crippen LogP contribution is 2.27. The highest BCUT2D eigenvalue weighted by atomic mass is 16.6. The molecule has 1 aliphatic rings. The Labute approximate surface area is 166 Å². The summed E-state index contributed by atoms with van der Waals surface area (Å²) in [6, 6.07) is 0. The number of aliphatic hydroxyl groups is 4. The zero-order valence-electron chi connectivity index (χ0n) is 15.1. The molecule has 1 saturated heterocycles. The number of aromatic nitrogens is 3. The van der Waals surface area contributed by atoms with E-state index in [1.807, 2.05) is 0 Å². The number of carboxylic acid groups (broad SMARTS) is 3. The Bertz CT molecular complexity index is 826. The number of ether oxygens (including phenoxy) is 1. The van der Waals surface area contributed by atoms with E-state index in [1.165, 1.54) is 0 Å². The van der Waals surface area contributed by atoms with Gasteiger partial charge in [0, 0.05) is 0 Å². The summed E-state index contributed by atoms with van der Waals surface area (Å²) in [5.41, 5.74) is 1.72. The summed E-state index contributed by atoms with van der Waals surface area (Å²) >= 11 is 0. The van der Waals surface area contributed by atoms with Crippen molar-refractivity contribution in [2.24, 2.45) is 0 Å². The average molecular weight is 436 g/mol. The van der Waals surface area contributed by atoms with Crippen LogP contribution in [0.3, 0.4) is 0 Å². The number of hydrogen-bond acceptors (Lipinski definition) is 12. The van der Waals surface area contributed by atoms with Gasteiger partial charge < -0.3 is 46.2 Å². The van der Waals surface area contributed by atoms with Crippen LogP contribution in [0.2, 0.25) is 0 Å². The van der Waals surface area contributed by atoms with Crippen LogP contribution in [0, 0.1) is 0 Å². The van der Waals surface area contributed by atoms with E-state index < -0.39 is 73.2 Å². The van der Waals surface area contributed by atoms with Crippen molar-refractivity contribution in [3.63, 3.8) is 0 Å². The summed E-state index contributed by atoms with van der Waals surface area (Å²) < 4.78 is 6.04. The normalized spacial score (nSPS) is 23.3. The molecule has 1 aromatic heterocycles. The zero-order valence-corrected chi connectivity index (χ0v) is 15.1. The van der Waals surface area contributed by atoms with Gasteiger partial charge in [-0.1, -0.05) is 0 Å². The standard InChI is InChI=1S/C8H12N4O5.C6H8O7/c9-7-10-2-12(8(16)11-7)6-5(15)4(14)3(1-13)17-6;7-3(8)1-6(13,5(11)12)2-4(9)10/h2-6,13-15H,1H2,(H2,9,11,16);13H,1-2H2,(H,7,8)(H,9,10)(H,11,12)/t3-,4-,5-,6-;/m1./s1. The summed E-state index contributed by atoms with van der Waals surface area (Å²) in [5.74, 6) is -5.22. The Morgan fingerprint density at radius 3 is 2.03 bits per heavy atom. The van der Waals surface area contributed by atoms with Crippen molar-refractivity contribution in [3.05, 3.63) is 16.8 Å². The lowest BCUT2D eigenvalue weighted by molar-refractivity contribution is -0.170. The minimum atomic E-state index is -2.74. The predicted octanol–water partition coefficient (Wildman–Crippen LogP) is -4.42. The van der Waals surface area contributed by atoms with Gasteiger partial charge in [-0.25, -0.2) is 14.6 Å². The van der Waals surface area contributed by atoms with Gasteiger partial charge in [-0.2, -0.15) is 4.98 Å². The third kappa shape index (κ3) is 6.16. The lowest BCUT2D eigenvalue weighted by Gasteiger charge is -2.18. The highest BCUT2D eigenvalue weighted by molar-refractivity contribution is 5.88. The molecule has 1 fully saturated rings. The number of carbonyl (C=O) groups is 3. The third-order valence-corrected chi connectivity index (χ3v) is 3.82. The molecule has 2 rings (SSSR count). The quantitative estimate of drug-likeness (QED) is 0.200. The number of nitrogens with two attached hydrogens (primary N) is 1. The van der Waals surface area contributed by atoms with Gasteiger partial charge in [-0.05, 0) is 0 Å². The third-order valence-electron chi connectivity index (χ3n) is 3.82. The van der Waals surface area contributed by atoms with Crippen LogP contribution >= 0.6 is 0 Å². The Balaban J connectivity index is 0.000000314. The molecule has 0 spiro atoms. The number of anilines is 1. The van der Waals surface area contributed by atoms with Crippen molar-refractivity contribution in [2.45, 2.75) is 43.0 Å². The highest BCUT2D eigenvalue weighted by Gasteiger charge is 2.44. The minimum absolute atomic E-state index is 0.196. The minimum Gasteiger partial charge on any atom is -0.481 e. The van der Waals surface area contributed by atoms with Crippen molar-refractivity contribution >= 4 is 23.9 Å². The van der Waals surface area contributed by atoms with Gasteiger partial charge in [0.05, 0.1) is 19.4 Å². The van der Waals surface area contributed by atoms with E-state index in [9.17, 15) is 29.4 Å². The second kappa shape index (κ2) is 10.0. The monoisotopic (exact) mass is 436 g/mol. The van der Waals surface area contributed by atoms with Crippen LogP contribution in [0.5, 0.6) is 0 Å². The molecule has 4 atom stereocenters. The molecular formula is C14H20N4O12. The fraction of sp³-hybridized carbons (Fsp3) is 0.571. The Kier molecular flexibility index (Phi) is 8.31. The molecule has 16 nitrogen and oxygen atoms in total. The maximum atomic E-state index is 11.5. The lowest BCUT2D eigenvalue weighted by atomic mass is 9.96. The fourth-order valence-electron chi connectivity index (χ4n) is 2.35. The molecule has 0 amide bonds. The van der Waals surface area contributed by atoms with Gasteiger partial charge in [-0.15, -0.1) is 0 Å². The Morgan fingerprint density at radius 1 is 1.13 bits per heavy atom. The summed E-state index contributed by atoms with van der Waals surface area (Å²) in [7, 11) is 0. The molecule has 0 aliphatic carbocycles. The molecule has 30 heavy (non-hydrogen) atoms. The van der Waals surface area contributed by atoms with Crippen molar-refractivity contribution in [2.75, 3.05) is 12.3 Å². The average Bonchev–Trinajstić information content (AvgIpc) is 2.89. The number of nitrogens with zero attached hydrogens (tertiary/aromatic N) is 3. The van der Waals surface area contributed by atoms with Crippen molar-refractivity contribution < 1.29 is 54.9 Å². The number of aliphatic carboxylic acids is 3. The van der Waals surface area contributed by atoms with Crippen LogP contribution in [0.25, 0.3) is 0 Å². The molecule has 168 valence electrons. The van der Waals surface area contributed by atoms with Crippen LogP contribution in [0.15, 0.2) is 11.1 Å². The molecule has 1 aromatic rings. The Morgan fingerprint density at radius 2 is 1.67 bits per heavy atom. The number of nitrogen functional groups attached to an aromatic ring is 1. The first-order valence-corrected chi connectivity index (χ1v) is 8.05. The number of aliphatic hydroxyl groups excluding tert-OH is 3. The van der Waals surface area contributed by atoms with E-state index in [0.717, 1.165) is 10.9 Å². The first kappa shape index (κ1) is 24.9. The van der Waals surface area contributed by atoms with E-state index in [0.29, 0.717) is 0 Å². The van der Waals surface area contributed by atoms with Crippen LogP contribution < -0.4 is 11.4 Å². The number of rotatable bonds is 7. The van der Waals surface area contributed by atoms with Gasteiger partial charge >= 0.3 is 23.6 Å².